The number of benzene rings is 2. The first-order chi connectivity index (χ1) is 9.26. The van der Waals surface area contributed by atoms with Gasteiger partial charge in [-0.25, -0.2) is 0 Å². The fourth-order valence-corrected chi connectivity index (χ4v) is 2.73. The number of rotatable bonds is 2. The molecule has 2 nitrogen and oxygen atoms in total. The summed E-state index contributed by atoms with van der Waals surface area (Å²) in [5.41, 5.74) is 3.80. The Morgan fingerprint density at radius 1 is 0.947 bits per heavy atom. The Bertz CT molecular complexity index is 812. The zero-order valence-corrected chi connectivity index (χ0v) is 11.2. The van der Waals surface area contributed by atoms with Crippen LogP contribution in [-0.4, -0.2) is 0 Å². The summed E-state index contributed by atoms with van der Waals surface area (Å²) < 4.78 is 5.87. The van der Waals surface area contributed by atoms with E-state index in [-0.39, 0.29) is 5.43 Å². The van der Waals surface area contributed by atoms with Crippen LogP contribution in [0.25, 0.3) is 21.9 Å². The van der Waals surface area contributed by atoms with E-state index < -0.39 is 0 Å². The standard InChI is InChI=1S/C17H16O2/c1-3-11-9-10-15-16(12(11)4-2)17(18)13-7-5-6-8-14(13)19-15/h5-10H,3-4H2,1-2H3. The highest BCUT2D eigenvalue weighted by molar-refractivity contribution is 5.92. The molecule has 0 amide bonds. The molecule has 0 saturated carbocycles. The molecule has 0 spiro atoms. The highest BCUT2D eigenvalue weighted by Crippen LogP contribution is 2.24. The molecule has 0 aliphatic carbocycles. The smallest absolute Gasteiger partial charge is 0.200 e. The highest BCUT2D eigenvalue weighted by atomic mass is 16.3. The zero-order valence-electron chi connectivity index (χ0n) is 11.2. The SMILES string of the molecule is CCc1ccc2oc3ccccc3c(=O)c2c1CC. The van der Waals surface area contributed by atoms with Crippen LogP contribution in [-0.2, 0) is 12.8 Å². The van der Waals surface area contributed by atoms with Gasteiger partial charge in [-0.15, -0.1) is 0 Å². The van der Waals surface area contributed by atoms with Gasteiger partial charge in [0, 0.05) is 0 Å². The highest BCUT2D eigenvalue weighted by Gasteiger charge is 2.12. The molecule has 2 aromatic carbocycles. The second-order valence-corrected chi connectivity index (χ2v) is 4.71. The Morgan fingerprint density at radius 3 is 2.47 bits per heavy atom. The van der Waals surface area contributed by atoms with Crippen LogP contribution < -0.4 is 5.43 Å². The van der Waals surface area contributed by atoms with E-state index in [1.54, 1.807) is 0 Å². The molecule has 3 rings (SSSR count). The molecule has 0 atom stereocenters. The summed E-state index contributed by atoms with van der Waals surface area (Å²) >= 11 is 0. The Balaban J connectivity index is 2.56. The summed E-state index contributed by atoms with van der Waals surface area (Å²) in [5, 5.41) is 1.42. The van der Waals surface area contributed by atoms with Gasteiger partial charge in [-0.1, -0.05) is 32.0 Å². The van der Waals surface area contributed by atoms with E-state index in [1.165, 1.54) is 5.56 Å². The van der Waals surface area contributed by atoms with E-state index in [2.05, 4.69) is 19.9 Å². The number of hydrogen-bond donors (Lipinski definition) is 0. The van der Waals surface area contributed by atoms with Gasteiger partial charge in [0.25, 0.3) is 0 Å². The lowest BCUT2D eigenvalue weighted by molar-refractivity contribution is 0.659. The van der Waals surface area contributed by atoms with Crippen molar-refractivity contribution in [3.8, 4) is 0 Å². The van der Waals surface area contributed by atoms with Crippen LogP contribution in [0.15, 0.2) is 45.6 Å². The van der Waals surface area contributed by atoms with Gasteiger partial charge in [0.2, 0.25) is 5.43 Å². The van der Waals surface area contributed by atoms with Crippen molar-refractivity contribution in [2.24, 2.45) is 0 Å². The molecule has 0 bridgehead atoms. The average Bonchev–Trinajstić information content (AvgIpc) is 2.46. The predicted molar refractivity (Wildman–Crippen MR) is 78.7 cm³/mol. The van der Waals surface area contributed by atoms with Crippen molar-refractivity contribution in [2.45, 2.75) is 26.7 Å². The molecule has 0 fully saturated rings. The van der Waals surface area contributed by atoms with E-state index in [4.69, 9.17) is 4.42 Å². The van der Waals surface area contributed by atoms with Crippen LogP contribution in [0.3, 0.4) is 0 Å². The minimum atomic E-state index is 0.0870. The lowest BCUT2D eigenvalue weighted by atomic mass is 9.97. The largest absolute Gasteiger partial charge is 0.456 e. The van der Waals surface area contributed by atoms with Crippen LogP contribution in [0.2, 0.25) is 0 Å². The summed E-state index contributed by atoms with van der Waals surface area (Å²) in [7, 11) is 0. The molecule has 0 radical (unpaired) electrons. The lowest BCUT2D eigenvalue weighted by Crippen LogP contribution is -2.06. The first-order valence-corrected chi connectivity index (χ1v) is 6.72. The van der Waals surface area contributed by atoms with E-state index >= 15 is 0 Å². The van der Waals surface area contributed by atoms with E-state index in [0.29, 0.717) is 16.6 Å². The van der Waals surface area contributed by atoms with Gasteiger partial charge in [-0.2, -0.15) is 0 Å². The Morgan fingerprint density at radius 2 is 1.74 bits per heavy atom. The minimum absolute atomic E-state index is 0.0870. The van der Waals surface area contributed by atoms with Crippen molar-refractivity contribution in [3.05, 3.63) is 57.7 Å². The summed E-state index contributed by atoms with van der Waals surface area (Å²) in [6.45, 7) is 4.20. The Kier molecular flexibility index (Phi) is 2.86. The second-order valence-electron chi connectivity index (χ2n) is 4.71. The Labute approximate surface area is 111 Å². The van der Waals surface area contributed by atoms with Gasteiger partial charge in [-0.05, 0) is 42.2 Å². The summed E-state index contributed by atoms with van der Waals surface area (Å²) in [5.74, 6) is 0. The predicted octanol–water partition coefficient (Wildman–Crippen LogP) is 4.07. The fraction of sp³-hybridized carbons (Fsp3) is 0.235. The van der Waals surface area contributed by atoms with Crippen LogP contribution in [0, 0.1) is 0 Å². The molecule has 0 saturated heterocycles. The van der Waals surface area contributed by atoms with Crippen molar-refractivity contribution < 1.29 is 4.42 Å². The molecule has 3 aromatic rings. The summed E-state index contributed by atoms with van der Waals surface area (Å²) in [6, 6.07) is 11.4. The van der Waals surface area contributed by atoms with Gasteiger partial charge in [-0.3, -0.25) is 4.79 Å². The maximum Gasteiger partial charge on any atom is 0.200 e. The van der Waals surface area contributed by atoms with Crippen molar-refractivity contribution in [3.63, 3.8) is 0 Å². The number of fused-ring (bicyclic) bond motifs is 2. The molecular weight excluding hydrogens is 236 g/mol. The molecule has 1 heterocycles. The summed E-state index contributed by atoms with van der Waals surface area (Å²) in [4.78, 5) is 12.7. The van der Waals surface area contributed by atoms with Crippen molar-refractivity contribution in [1.82, 2.24) is 0 Å². The maximum absolute atomic E-state index is 12.7. The van der Waals surface area contributed by atoms with Crippen LogP contribution in [0.5, 0.6) is 0 Å². The zero-order chi connectivity index (χ0) is 13.4. The maximum atomic E-state index is 12.7. The van der Waals surface area contributed by atoms with E-state index in [9.17, 15) is 4.79 Å². The molecular formula is C17H16O2. The normalized spacial score (nSPS) is 11.3. The topological polar surface area (TPSA) is 30.2 Å². The van der Waals surface area contributed by atoms with Gasteiger partial charge in [0.15, 0.2) is 0 Å². The molecule has 2 heteroatoms. The third-order valence-corrected chi connectivity index (χ3v) is 3.68. The van der Waals surface area contributed by atoms with Gasteiger partial charge in [0.1, 0.15) is 11.2 Å². The third-order valence-electron chi connectivity index (χ3n) is 3.68. The van der Waals surface area contributed by atoms with Crippen molar-refractivity contribution >= 4 is 21.9 Å². The van der Waals surface area contributed by atoms with Crippen molar-refractivity contribution in [2.75, 3.05) is 0 Å². The fourth-order valence-electron chi connectivity index (χ4n) is 2.73. The molecule has 0 N–H and O–H groups in total. The average molecular weight is 252 g/mol. The van der Waals surface area contributed by atoms with Crippen LogP contribution in [0.4, 0.5) is 0 Å². The third kappa shape index (κ3) is 1.75. The number of hydrogen-bond acceptors (Lipinski definition) is 2. The van der Waals surface area contributed by atoms with Crippen LogP contribution in [0.1, 0.15) is 25.0 Å². The lowest BCUT2D eigenvalue weighted by Gasteiger charge is -2.09. The van der Waals surface area contributed by atoms with Gasteiger partial charge >= 0.3 is 0 Å². The van der Waals surface area contributed by atoms with E-state index in [1.807, 2.05) is 30.3 Å². The first-order valence-electron chi connectivity index (χ1n) is 6.72. The molecule has 1 aromatic heterocycles. The molecule has 96 valence electrons. The molecule has 0 aliphatic heterocycles. The van der Waals surface area contributed by atoms with Gasteiger partial charge < -0.3 is 4.42 Å². The minimum Gasteiger partial charge on any atom is -0.456 e. The van der Waals surface area contributed by atoms with Crippen molar-refractivity contribution in [1.29, 1.82) is 0 Å². The van der Waals surface area contributed by atoms with E-state index in [0.717, 1.165) is 23.8 Å². The molecule has 0 unspecified atom stereocenters. The van der Waals surface area contributed by atoms with Gasteiger partial charge in [0.05, 0.1) is 10.8 Å². The van der Waals surface area contributed by atoms with Crippen LogP contribution >= 0.6 is 0 Å². The quantitative estimate of drug-likeness (QED) is 0.643. The monoisotopic (exact) mass is 252 g/mol. The Hall–Kier alpha value is -2.09. The first kappa shape index (κ1) is 12.0. The second kappa shape index (κ2) is 4.54. The molecule has 19 heavy (non-hydrogen) atoms. The summed E-state index contributed by atoms with van der Waals surface area (Å²) in [6.07, 6.45) is 1.79. The number of aryl methyl sites for hydroxylation is 2. The molecule has 0 aliphatic rings. The number of para-hydroxylation sites is 1.